The Kier molecular flexibility index (Phi) is 5.18. The smallest absolute Gasteiger partial charge is 0.350 e. The molecule has 0 fully saturated rings. The first-order valence-electron chi connectivity index (χ1n) is 5.15. The molecule has 0 spiro atoms. The highest BCUT2D eigenvalue weighted by atomic mass is 32.2. The molecule has 1 rings (SSSR count). The second-order valence-electron chi connectivity index (χ2n) is 3.44. The molecule has 0 aliphatic heterocycles. The number of hydrogen-bond donors (Lipinski definition) is 2. The van der Waals surface area contributed by atoms with Gasteiger partial charge in [-0.2, -0.15) is 8.42 Å². The van der Waals surface area contributed by atoms with Crippen LogP contribution in [0.25, 0.3) is 6.08 Å². The first-order chi connectivity index (χ1) is 9.30. The fourth-order valence-corrected chi connectivity index (χ4v) is 1.60. The van der Waals surface area contributed by atoms with E-state index in [1.807, 2.05) is 0 Å². The predicted octanol–water partition coefficient (Wildman–Crippen LogP) is 1.06. The van der Waals surface area contributed by atoms with Crippen LogP contribution in [0.5, 0.6) is 0 Å². The van der Waals surface area contributed by atoms with Crippen LogP contribution >= 0.6 is 0 Å². The van der Waals surface area contributed by atoms with Gasteiger partial charge in [0.2, 0.25) is 0 Å². The van der Waals surface area contributed by atoms with Crippen molar-refractivity contribution in [2.45, 2.75) is 0 Å². The minimum Gasteiger partial charge on any atom is -0.477 e. The van der Waals surface area contributed by atoms with Crippen molar-refractivity contribution in [3.05, 3.63) is 53.1 Å². The third-order valence-corrected chi connectivity index (χ3v) is 2.83. The summed E-state index contributed by atoms with van der Waals surface area (Å²) < 4.78 is 34.5. The Bertz CT molecular complexity index is 656. The van der Waals surface area contributed by atoms with Crippen molar-refractivity contribution in [2.24, 2.45) is 0 Å². The Morgan fingerprint density at radius 2 is 1.75 bits per heavy atom. The normalized spacial score (nSPS) is 12.3. The van der Waals surface area contributed by atoms with E-state index in [0.29, 0.717) is 0 Å². The van der Waals surface area contributed by atoms with Crippen LogP contribution in [0.1, 0.15) is 5.56 Å². The molecular weight excluding hydrogens is 288 g/mol. The Balaban J connectivity index is 2.77. The molecule has 1 aromatic rings. The molecule has 2 N–H and O–H groups in total. The zero-order chi connectivity index (χ0) is 15.2. The van der Waals surface area contributed by atoms with Crippen molar-refractivity contribution in [2.75, 3.05) is 0 Å². The predicted molar refractivity (Wildman–Crippen MR) is 68.8 cm³/mol. The van der Waals surface area contributed by atoms with Gasteiger partial charge in [0.25, 0.3) is 0 Å². The van der Waals surface area contributed by atoms with E-state index >= 15 is 0 Å². The van der Waals surface area contributed by atoms with Gasteiger partial charge in [-0.05, 0) is 11.6 Å². The molecule has 20 heavy (non-hydrogen) atoms. The Morgan fingerprint density at radius 3 is 2.25 bits per heavy atom. The Hall–Kier alpha value is -2.45. The lowest BCUT2D eigenvalue weighted by Crippen LogP contribution is -2.14. The van der Waals surface area contributed by atoms with Crippen molar-refractivity contribution in [1.82, 2.24) is 0 Å². The molecule has 0 amide bonds. The summed E-state index contributed by atoms with van der Waals surface area (Å²) in [6, 6.07) is 8.74. The molecule has 0 unspecified atom stereocenters. The molecule has 0 aliphatic rings. The van der Waals surface area contributed by atoms with E-state index in [2.05, 4.69) is 4.74 Å². The average molecular weight is 298 g/mol. The third-order valence-electron chi connectivity index (χ3n) is 1.98. The quantitative estimate of drug-likeness (QED) is 0.361. The number of carbonyl (C=O) groups excluding carboxylic acids is 1. The lowest BCUT2D eigenvalue weighted by molar-refractivity contribution is -0.134. The minimum atomic E-state index is -5.00. The van der Waals surface area contributed by atoms with Crippen LogP contribution in [-0.2, 0) is 24.4 Å². The molecule has 1 aromatic carbocycles. The number of carboxylic acids is 1. The number of hydrogen-bond acceptors (Lipinski definition) is 5. The van der Waals surface area contributed by atoms with E-state index in [0.717, 1.165) is 11.8 Å². The van der Waals surface area contributed by atoms with Gasteiger partial charge >= 0.3 is 22.1 Å². The molecule has 0 saturated carbocycles. The van der Waals surface area contributed by atoms with Crippen molar-refractivity contribution in [3.8, 4) is 0 Å². The topological polar surface area (TPSA) is 118 Å². The van der Waals surface area contributed by atoms with Gasteiger partial charge in [-0.15, -0.1) is 0 Å². The van der Waals surface area contributed by atoms with E-state index in [1.165, 1.54) is 6.08 Å². The summed E-state index contributed by atoms with van der Waals surface area (Å²) in [6.07, 6.45) is 2.56. The van der Waals surface area contributed by atoms with Crippen LogP contribution in [0.4, 0.5) is 0 Å². The minimum absolute atomic E-state index is 0.174. The van der Waals surface area contributed by atoms with Gasteiger partial charge in [-0.1, -0.05) is 30.3 Å². The Labute approximate surface area is 114 Å². The van der Waals surface area contributed by atoms with Crippen LogP contribution in [0.2, 0.25) is 0 Å². The van der Waals surface area contributed by atoms with E-state index in [1.54, 1.807) is 30.3 Å². The maximum atomic E-state index is 11.2. The van der Waals surface area contributed by atoms with Crippen molar-refractivity contribution >= 4 is 28.1 Å². The molecule has 7 nitrogen and oxygen atoms in total. The van der Waals surface area contributed by atoms with Gasteiger partial charge in [0.15, 0.2) is 4.91 Å². The molecule has 0 aromatic heterocycles. The van der Waals surface area contributed by atoms with Gasteiger partial charge in [-0.3, -0.25) is 4.55 Å². The van der Waals surface area contributed by atoms with Crippen LogP contribution in [0.3, 0.4) is 0 Å². The summed E-state index contributed by atoms with van der Waals surface area (Å²) in [6.45, 7) is 0. The van der Waals surface area contributed by atoms with Gasteiger partial charge < -0.3 is 9.84 Å². The van der Waals surface area contributed by atoms with E-state index < -0.39 is 27.0 Å². The zero-order valence-electron chi connectivity index (χ0n) is 9.96. The van der Waals surface area contributed by atoms with E-state index in [9.17, 15) is 18.0 Å². The van der Waals surface area contributed by atoms with Crippen molar-refractivity contribution < 1.29 is 32.4 Å². The number of carboxylic acid groups (broad SMARTS) is 1. The second-order valence-corrected chi connectivity index (χ2v) is 4.83. The highest BCUT2D eigenvalue weighted by Crippen LogP contribution is 2.06. The largest absolute Gasteiger partial charge is 0.477 e. The summed E-state index contributed by atoms with van der Waals surface area (Å²) >= 11 is 0. The Morgan fingerprint density at radius 1 is 1.15 bits per heavy atom. The second kappa shape index (κ2) is 6.64. The monoisotopic (exact) mass is 298 g/mol. The molecular formula is C12H10O7S. The van der Waals surface area contributed by atoms with Gasteiger partial charge in [-0.25, -0.2) is 9.59 Å². The van der Waals surface area contributed by atoms with Crippen LogP contribution in [0.15, 0.2) is 47.6 Å². The van der Waals surface area contributed by atoms with Gasteiger partial charge in [0.05, 0.1) is 12.3 Å². The number of benzene rings is 1. The molecule has 0 bridgehead atoms. The lowest BCUT2D eigenvalue weighted by Gasteiger charge is -1.97. The highest BCUT2D eigenvalue weighted by molar-refractivity contribution is 7.90. The number of rotatable bonds is 5. The summed E-state index contributed by atoms with van der Waals surface area (Å²) in [7, 11) is -5.00. The van der Waals surface area contributed by atoms with Gasteiger partial charge in [0, 0.05) is 0 Å². The number of aliphatic carboxylic acids is 1. The number of carbonyl (C=O) groups is 2. The first kappa shape index (κ1) is 15.6. The van der Waals surface area contributed by atoms with Crippen LogP contribution in [-0.4, -0.2) is 30.0 Å². The molecule has 0 radical (unpaired) electrons. The third kappa shape index (κ3) is 5.04. The molecule has 0 saturated heterocycles. The average Bonchev–Trinajstić information content (AvgIpc) is 2.35. The highest BCUT2D eigenvalue weighted by Gasteiger charge is 2.23. The first-order valence-corrected chi connectivity index (χ1v) is 6.59. The number of ether oxygens (including phenoxy) is 1. The fourth-order valence-electron chi connectivity index (χ4n) is 1.13. The molecule has 8 heteroatoms. The maximum Gasteiger partial charge on any atom is 0.350 e. The summed E-state index contributed by atoms with van der Waals surface area (Å²) in [5.41, 5.74) is 0.720. The van der Waals surface area contributed by atoms with Crippen molar-refractivity contribution in [3.63, 3.8) is 0 Å². The van der Waals surface area contributed by atoms with Crippen LogP contribution in [0, 0.1) is 0 Å². The van der Waals surface area contributed by atoms with E-state index in [-0.39, 0.29) is 6.08 Å². The summed E-state index contributed by atoms with van der Waals surface area (Å²) in [4.78, 5) is 20.3. The lowest BCUT2D eigenvalue weighted by atomic mass is 10.2. The molecule has 0 atom stereocenters. The van der Waals surface area contributed by atoms with Crippen LogP contribution < -0.4 is 0 Å². The SMILES string of the molecule is O=C(/C=C(\C(=O)O)S(=O)(=O)O)OC=Cc1ccccc1. The maximum absolute atomic E-state index is 11.2. The summed E-state index contributed by atoms with van der Waals surface area (Å²) in [5, 5.41) is 8.53. The van der Waals surface area contributed by atoms with Crippen molar-refractivity contribution in [1.29, 1.82) is 0 Å². The number of esters is 1. The van der Waals surface area contributed by atoms with Gasteiger partial charge in [0.1, 0.15) is 0 Å². The molecule has 0 heterocycles. The zero-order valence-corrected chi connectivity index (χ0v) is 10.8. The summed E-state index contributed by atoms with van der Waals surface area (Å²) in [5.74, 6) is -3.20. The van der Waals surface area contributed by atoms with E-state index in [4.69, 9.17) is 9.66 Å². The molecule has 106 valence electrons. The molecule has 0 aliphatic carbocycles. The standard InChI is InChI=1S/C12H10O7S/c13-11(8-10(12(14)15)20(16,17)18)19-7-6-9-4-2-1-3-5-9/h1-8H,(H,14,15)(H,16,17,18)/b7-6?,10-8+. The fraction of sp³-hybridized carbons (Fsp3) is 0.